The molecule has 2 rings (SSSR count). The zero-order chi connectivity index (χ0) is 8.93. The monoisotopic (exact) mass is 453 g/mol. The molecule has 0 unspecified atom stereocenters. The maximum absolute atomic E-state index is 2.17. The molecule has 0 aliphatic heterocycles. The topological polar surface area (TPSA) is 0 Å². The molecule has 0 heterocycles. The summed E-state index contributed by atoms with van der Waals surface area (Å²) in [6.07, 6.45) is 0. The molecule has 0 N–H and O–H groups in total. The first-order valence-electron chi connectivity index (χ1n) is 4.32. The van der Waals surface area contributed by atoms with E-state index in [1.54, 1.807) is 0 Å². The fourth-order valence-electron chi connectivity index (χ4n) is 1.21. The van der Waals surface area contributed by atoms with Gasteiger partial charge in [0, 0.05) is 0 Å². The molecule has 0 atom stereocenters. The van der Waals surface area contributed by atoms with Crippen LogP contribution in [0, 0.1) is 0 Å². The van der Waals surface area contributed by atoms with E-state index in [0.29, 0.717) is 0 Å². The van der Waals surface area contributed by atoms with Crippen molar-refractivity contribution in [1.29, 1.82) is 0 Å². The molecule has 0 fully saturated rings. The molecule has 2 heteroatoms. The molecule has 0 amide bonds. The predicted octanol–water partition coefficient (Wildman–Crippen LogP) is 2.32. The Morgan fingerprint density at radius 1 is 0.571 bits per heavy atom. The van der Waals surface area contributed by atoms with Crippen molar-refractivity contribution in [2.24, 2.45) is 0 Å². The third-order valence-corrected chi connectivity index (χ3v) is 3.08. The molecule has 0 saturated heterocycles. The summed E-state index contributed by atoms with van der Waals surface area (Å²) in [6, 6.07) is 21.2. The van der Waals surface area contributed by atoms with Crippen molar-refractivity contribution in [2.75, 3.05) is 0 Å². The molecule has 0 nitrogen and oxygen atoms in total. The van der Waals surface area contributed by atoms with Crippen LogP contribution in [-0.4, -0.2) is 0 Å². The van der Waals surface area contributed by atoms with Crippen LogP contribution in [0.2, 0.25) is 0 Å². The van der Waals surface area contributed by atoms with Crippen LogP contribution in [0.15, 0.2) is 60.7 Å². The van der Waals surface area contributed by atoms with Crippen LogP contribution in [0.25, 0.3) is 0 Å². The van der Waals surface area contributed by atoms with Gasteiger partial charge in [-0.15, -0.1) is 0 Å². The second-order valence-corrected chi connectivity index (χ2v) is 4.26. The van der Waals surface area contributed by atoms with E-state index in [1.807, 2.05) is 0 Å². The van der Waals surface area contributed by atoms with Crippen molar-refractivity contribution in [2.45, 2.75) is 0 Å². The molecule has 2 aromatic rings. The predicted molar refractivity (Wildman–Crippen MR) is 60.5 cm³/mol. The Kier molecular flexibility index (Phi) is 3.41. The Labute approximate surface area is 80.4 Å². The van der Waals surface area contributed by atoms with Gasteiger partial charge in [-0.25, -0.2) is 0 Å². The quantitative estimate of drug-likeness (QED) is 0.613. The summed E-state index contributed by atoms with van der Waals surface area (Å²) < 4.78 is 0. The zero-order valence-electron chi connectivity index (χ0n) is 7.98. The number of hydrogen-bond acceptors (Lipinski definition) is 0. The first-order chi connectivity index (χ1) is 6.45. The molecule has 0 aromatic heterocycles. The van der Waals surface area contributed by atoms with Crippen LogP contribution in [0.1, 0.15) is 0 Å². The van der Waals surface area contributed by atoms with Crippen molar-refractivity contribution in [3.05, 3.63) is 60.7 Å². The van der Waals surface area contributed by atoms with Gasteiger partial charge < -0.3 is 0 Å². The Hall–Kier alpha value is -2.13. The fraction of sp³-hybridized carbons (Fsp3) is 0. The molecule has 0 aliphatic rings. The maximum atomic E-state index is 2.17. The summed E-state index contributed by atoms with van der Waals surface area (Å²) in [6.45, 7) is 0. The second-order valence-electron chi connectivity index (χ2n) is 2.86. The average molecular weight is 453 g/mol. The molecule has 0 bridgehead atoms. The van der Waals surface area contributed by atoms with Crippen LogP contribution < -0.4 is 10.6 Å². The van der Waals surface area contributed by atoms with Gasteiger partial charge in [-0.2, -0.15) is 0 Å². The van der Waals surface area contributed by atoms with Gasteiger partial charge in [-0.05, 0) is 10.6 Å². The fourth-order valence-corrected chi connectivity index (χ4v) is 2.26. The summed E-state index contributed by atoms with van der Waals surface area (Å²) in [4.78, 5) is 0. The van der Waals surface area contributed by atoms with Crippen LogP contribution in [0.3, 0.4) is 0 Å². The van der Waals surface area contributed by atoms with Gasteiger partial charge >= 0.3 is 0 Å². The van der Waals surface area contributed by atoms with Crippen molar-refractivity contribution in [3.8, 4) is 0 Å². The standard InChI is InChI=1S/C12H11P.Rf/c1-3-7-11(8-4-1)13-12-9-5-2-6-10-12;/h1-10,13H;. The first-order valence-corrected chi connectivity index (χ1v) is 5.32. The summed E-state index contributed by atoms with van der Waals surface area (Å²) in [5.41, 5.74) is 0. The normalized spacial score (nSPS) is 9.14. The van der Waals surface area contributed by atoms with E-state index in [1.165, 1.54) is 10.6 Å². The van der Waals surface area contributed by atoms with Crippen molar-refractivity contribution in [3.63, 3.8) is 0 Å². The molecule has 0 saturated carbocycles. The third kappa shape index (κ3) is 2.43. The average Bonchev–Trinajstić information content (AvgIpc) is 2.21. The molecule has 66 valence electrons. The molecule has 0 spiro atoms. The molecule has 0 radical (unpaired) electrons. The molecular weight excluding hydrogens is 442 g/mol. The van der Waals surface area contributed by atoms with Gasteiger partial charge in [0.15, 0.2) is 0 Å². The van der Waals surface area contributed by atoms with Gasteiger partial charge in [0.1, 0.15) is 0 Å². The molecule has 14 heavy (non-hydrogen) atoms. The van der Waals surface area contributed by atoms with Gasteiger partial charge in [0.05, 0.1) is 0 Å². The van der Waals surface area contributed by atoms with Gasteiger partial charge in [0.2, 0.25) is 0 Å². The minimum Gasteiger partial charge on any atom is -0.0622 e. The van der Waals surface area contributed by atoms with Gasteiger partial charge in [0.25, 0.3) is 0 Å². The summed E-state index contributed by atoms with van der Waals surface area (Å²) in [7, 11) is 0.777. The van der Waals surface area contributed by atoms with E-state index in [9.17, 15) is 0 Å². The summed E-state index contributed by atoms with van der Waals surface area (Å²) in [5, 5.41) is 2.79. The number of hydrogen-bond donors (Lipinski definition) is 0. The van der Waals surface area contributed by atoms with E-state index in [-0.39, 0.29) is 0 Å². The van der Waals surface area contributed by atoms with E-state index >= 15 is 0 Å². The van der Waals surface area contributed by atoms with Crippen LogP contribution in [0.4, 0.5) is 0 Å². The van der Waals surface area contributed by atoms with Gasteiger partial charge in [-0.1, -0.05) is 69.2 Å². The summed E-state index contributed by atoms with van der Waals surface area (Å²) in [5.74, 6) is 0. The van der Waals surface area contributed by atoms with Crippen molar-refractivity contribution in [1.82, 2.24) is 0 Å². The van der Waals surface area contributed by atoms with Crippen LogP contribution in [-0.2, 0) is 0 Å². The van der Waals surface area contributed by atoms with Gasteiger partial charge in [-0.3, -0.25) is 0 Å². The van der Waals surface area contributed by atoms with E-state index in [2.05, 4.69) is 60.7 Å². The Balaban J connectivity index is 0.000000980. The van der Waals surface area contributed by atoms with Crippen LogP contribution in [0.5, 0.6) is 0 Å². The first kappa shape index (κ1) is 9.95. The zero-order valence-corrected chi connectivity index (χ0v) is 15.4. The van der Waals surface area contributed by atoms with E-state index in [0.717, 1.165) is 8.58 Å². The maximum Gasteiger partial charge on any atom is 0 e. The Morgan fingerprint density at radius 3 is 1.29 bits per heavy atom. The van der Waals surface area contributed by atoms with Crippen molar-refractivity contribution < 1.29 is 0 Å². The third-order valence-electron chi connectivity index (χ3n) is 1.84. The SMILES string of the molecule is [Rf].c1ccc(Pc2ccccc2)cc1. The minimum atomic E-state index is 0. The van der Waals surface area contributed by atoms with E-state index < -0.39 is 0 Å². The second kappa shape index (κ2) is 4.79. The van der Waals surface area contributed by atoms with Crippen LogP contribution >= 0.6 is 8.58 Å². The smallest absolute Gasteiger partial charge is 0 e. The molecule has 0 aliphatic carbocycles. The van der Waals surface area contributed by atoms with Crippen molar-refractivity contribution >= 4 is 19.2 Å². The number of benzene rings is 2. The summed E-state index contributed by atoms with van der Waals surface area (Å²) >= 11 is 0. The minimum absolute atomic E-state index is 0. The largest absolute Gasteiger partial charge is 0.0622 e. The molecular formula is C12H11PRf. The Morgan fingerprint density at radius 2 is 0.929 bits per heavy atom. The van der Waals surface area contributed by atoms with E-state index in [4.69, 9.17) is 0 Å². The molecule has 2 aromatic carbocycles. The Bertz CT molecular complexity index is 321. The number of rotatable bonds is 2.